The van der Waals surface area contributed by atoms with Crippen molar-refractivity contribution >= 4 is 29.1 Å². The second-order valence-corrected chi connectivity index (χ2v) is 7.58. The third-order valence-corrected chi connectivity index (χ3v) is 5.20. The zero-order chi connectivity index (χ0) is 21.5. The van der Waals surface area contributed by atoms with Crippen LogP contribution in [0.1, 0.15) is 12.0 Å². The Kier molecular flexibility index (Phi) is 7.11. The molecule has 0 unspecified atom stereocenters. The van der Waals surface area contributed by atoms with Gasteiger partial charge in [-0.15, -0.1) is 0 Å². The van der Waals surface area contributed by atoms with Gasteiger partial charge in [-0.3, -0.25) is 4.79 Å². The minimum Gasteiger partial charge on any atom is -0.378 e. The van der Waals surface area contributed by atoms with E-state index in [-0.39, 0.29) is 18.4 Å². The first-order chi connectivity index (χ1) is 14.4. The van der Waals surface area contributed by atoms with E-state index in [1.54, 1.807) is 6.20 Å². The van der Waals surface area contributed by atoms with E-state index in [9.17, 15) is 9.59 Å². The number of carbonyl (C=O) groups is 2. The molecule has 1 aromatic heterocycles. The van der Waals surface area contributed by atoms with Crippen molar-refractivity contribution in [2.24, 2.45) is 0 Å². The highest BCUT2D eigenvalue weighted by Gasteiger charge is 2.21. The van der Waals surface area contributed by atoms with Gasteiger partial charge < -0.3 is 25.3 Å². The van der Waals surface area contributed by atoms with Crippen molar-refractivity contribution in [2.75, 3.05) is 61.9 Å². The highest BCUT2D eigenvalue weighted by molar-refractivity contribution is 5.90. The number of carbonyl (C=O) groups excluding carboxylic acids is 2. The topological polar surface area (TPSA) is 80.8 Å². The average molecular weight is 411 g/mol. The van der Waals surface area contributed by atoms with E-state index in [0.29, 0.717) is 19.6 Å². The lowest BCUT2D eigenvalue weighted by atomic mass is 10.1. The molecule has 2 heterocycles. The molecule has 0 bridgehead atoms. The second-order valence-electron chi connectivity index (χ2n) is 7.58. The van der Waals surface area contributed by atoms with Crippen molar-refractivity contribution in [3.05, 3.63) is 48.2 Å². The average Bonchev–Trinajstić information content (AvgIpc) is 2.75. The van der Waals surface area contributed by atoms with Crippen LogP contribution in [0.2, 0.25) is 0 Å². The number of aromatic nitrogens is 1. The van der Waals surface area contributed by atoms with Crippen LogP contribution in [0.15, 0.2) is 42.6 Å². The Morgan fingerprint density at radius 2 is 1.87 bits per heavy atom. The molecule has 1 fully saturated rings. The lowest BCUT2D eigenvalue weighted by molar-refractivity contribution is -0.131. The van der Waals surface area contributed by atoms with Crippen molar-refractivity contribution in [3.63, 3.8) is 0 Å². The number of rotatable bonds is 6. The van der Waals surface area contributed by atoms with Gasteiger partial charge in [0, 0.05) is 70.8 Å². The number of hydrogen-bond acceptors (Lipinski definition) is 5. The third-order valence-electron chi connectivity index (χ3n) is 5.20. The number of anilines is 3. The summed E-state index contributed by atoms with van der Waals surface area (Å²) >= 11 is 0. The fraction of sp³-hybridized carbons (Fsp3) is 0.409. The van der Waals surface area contributed by atoms with Gasteiger partial charge in [-0.25, -0.2) is 9.78 Å². The van der Waals surface area contributed by atoms with Gasteiger partial charge >= 0.3 is 6.03 Å². The molecule has 1 aliphatic rings. The van der Waals surface area contributed by atoms with Crippen LogP contribution in [0.25, 0.3) is 0 Å². The maximum Gasteiger partial charge on any atom is 0.319 e. The van der Waals surface area contributed by atoms with E-state index >= 15 is 0 Å². The summed E-state index contributed by atoms with van der Waals surface area (Å²) in [6.45, 7) is 5.12. The Morgan fingerprint density at radius 3 is 2.50 bits per heavy atom. The Morgan fingerprint density at radius 1 is 1.10 bits per heavy atom. The summed E-state index contributed by atoms with van der Waals surface area (Å²) in [5.74, 6) is 0.999. The Labute approximate surface area is 177 Å². The number of amides is 3. The van der Waals surface area contributed by atoms with E-state index in [2.05, 4.69) is 20.5 Å². The summed E-state index contributed by atoms with van der Waals surface area (Å²) in [6, 6.07) is 11.4. The molecular formula is C22H30N6O2. The Balaban J connectivity index is 1.39. The molecule has 1 aliphatic heterocycles. The summed E-state index contributed by atoms with van der Waals surface area (Å²) in [6.07, 6.45) is 2.07. The predicted molar refractivity (Wildman–Crippen MR) is 120 cm³/mol. The molecule has 8 nitrogen and oxygen atoms in total. The van der Waals surface area contributed by atoms with Gasteiger partial charge in [0.2, 0.25) is 5.91 Å². The van der Waals surface area contributed by atoms with E-state index in [1.165, 1.54) is 0 Å². The minimum atomic E-state index is -0.302. The molecule has 160 valence electrons. The number of benzene rings is 1. The molecule has 8 heteroatoms. The number of nitrogens with zero attached hydrogens (tertiary/aromatic N) is 4. The van der Waals surface area contributed by atoms with E-state index in [4.69, 9.17) is 0 Å². The first-order valence-electron chi connectivity index (χ1n) is 10.2. The van der Waals surface area contributed by atoms with Crippen LogP contribution >= 0.6 is 0 Å². The lowest BCUT2D eigenvalue weighted by Crippen LogP contribution is -2.49. The molecule has 0 atom stereocenters. The molecule has 30 heavy (non-hydrogen) atoms. The van der Waals surface area contributed by atoms with Crippen LogP contribution < -0.4 is 20.4 Å². The second kappa shape index (κ2) is 9.96. The molecule has 3 rings (SSSR count). The summed E-state index contributed by atoms with van der Waals surface area (Å²) in [7, 11) is 3.95. The number of nitrogens with one attached hydrogen (secondary N) is 2. The van der Waals surface area contributed by atoms with Crippen LogP contribution in [0.3, 0.4) is 0 Å². The van der Waals surface area contributed by atoms with E-state index in [1.807, 2.05) is 67.2 Å². The molecule has 2 aromatic rings. The quantitative estimate of drug-likeness (QED) is 0.764. The van der Waals surface area contributed by atoms with Crippen molar-refractivity contribution in [3.8, 4) is 0 Å². The van der Waals surface area contributed by atoms with Gasteiger partial charge in [-0.05, 0) is 42.8 Å². The lowest BCUT2D eigenvalue weighted by Gasteiger charge is -2.35. The van der Waals surface area contributed by atoms with Crippen LogP contribution in [-0.4, -0.2) is 68.6 Å². The summed E-state index contributed by atoms with van der Waals surface area (Å²) in [5.41, 5.74) is 2.82. The molecule has 0 saturated carbocycles. The molecule has 1 saturated heterocycles. The summed E-state index contributed by atoms with van der Waals surface area (Å²) < 4.78 is 0. The zero-order valence-corrected chi connectivity index (χ0v) is 17.9. The van der Waals surface area contributed by atoms with Gasteiger partial charge in [0.1, 0.15) is 5.82 Å². The maximum atomic E-state index is 12.5. The number of urea groups is 1. The Hall–Kier alpha value is -3.29. The number of pyridine rings is 1. The first kappa shape index (κ1) is 21.4. The fourth-order valence-electron chi connectivity index (χ4n) is 3.40. The molecule has 0 radical (unpaired) electrons. The molecular weight excluding hydrogens is 380 g/mol. The number of aryl methyl sites for hydroxylation is 1. The van der Waals surface area contributed by atoms with Crippen LogP contribution in [0.4, 0.5) is 22.0 Å². The highest BCUT2D eigenvalue weighted by atomic mass is 16.2. The Bertz CT molecular complexity index is 863. The van der Waals surface area contributed by atoms with Crippen molar-refractivity contribution < 1.29 is 9.59 Å². The largest absolute Gasteiger partial charge is 0.378 e. The van der Waals surface area contributed by atoms with E-state index in [0.717, 1.165) is 35.8 Å². The molecule has 0 aliphatic carbocycles. The van der Waals surface area contributed by atoms with Gasteiger partial charge in [0.05, 0.1) is 0 Å². The normalized spacial score (nSPS) is 13.7. The number of piperazine rings is 1. The van der Waals surface area contributed by atoms with Crippen molar-refractivity contribution in [1.29, 1.82) is 0 Å². The standard InChI is InChI=1S/C22H30N6O2/c1-17-16-18(26(2)3)7-8-19(17)25-22(30)24-11-9-21(29)28-14-12-27(13-15-28)20-6-4-5-10-23-20/h4-8,10,16H,9,11-15H2,1-3H3,(H2,24,25,30). The molecule has 3 amide bonds. The SMILES string of the molecule is Cc1cc(N(C)C)ccc1NC(=O)NCCC(=O)N1CCN(c2ccccn2)CC1. The molecule has 0 spiro atoms. The maximum absolute atomic E-state index is 12.5. The monoisotopic (exact) mass is 410 g/mol. The van der Waals surface area contributed by atoms with Gasteiger partial charge in [-0.2, -0.15) is 0 Å². The summed E-state index contributed by atoms with van der Waals surface area (Å²) in [5, 5.41) is 5.62. The highest BCUT2D eigenvalue weighted by Crippen LogP contribution is 2.21. The molecule has 2 N–H and O–H groups in total. The smallest absolute Gasteiger partial charge is 0.319 e. The van der Waals surface area contributed by atoms with Crippen LogP contribution in [-0.2, 0) is 4.79 Å². The van der Waals surface area contributed by atoms with E-state index < -0.39 is 0 Å². The fourth-order valence-corrected chi connectivity index (χ4v) is 3.40. The summed E-state index contributed by atoms with van der Waals surface area (Å²) in [4.78, 5) is 35.0. The van der Waals surface area contributed by atoms with Gasteiger partial charge in [0.25, 0.3) is 0 Å². The first-order valence-corrected chi connectivity index (χ1v) is 10.2. The third kappa shape index (κ3) is 5.62. The zero-order valence-electron chi connectivity index (χ0n) is 17.9. The van der Waals surface area contributed by atoms with Gasteiger partial charge in [-0.1, -0.05) is 6.07 Å². The number of hydrogen-bond donors (Lipinski definition) is 2. The van der Waals surface area contributed by atoms with Crippen LogP contribution in [0.5, 0.6) is 0 Å². The minimum absolute atomic E-state index is 0.0579. The van der Waals surface area contributed by atoms with Crippen LogP contribution in [0, 0.1) is 6.92 Å². The van der Waals surface area contributed by atoms with Crippen molar-refractivity contribution in [2.45, 2.75) is 13.3 Å². The van der Waals surface area contributed by atoms with Crippen molar-refractivity contribution in [1.82, 2.24) is 15.2 Å². The predicted octanol–water partition coefficient (Wildman–Crippen LogP) is 2.32. The van der Waals surface area contributed by atoms with Gasteiger partial charge in [0.15, 0.2) is 0 Å². The molecule has 1 aromatic carbocycles.